The summed E-state index contributed by atoms with van der Waals surface area (Å²) in [6.07, 6.45) is -9.96. The lowest BCUT2D eigenvalue weighted by atomic mass is 10.0. The van der Waals surface area contributed by atoms with Gasteiger partial charge in [-0.1, -0.05) is 19.1 Å². The quantitative estimate of drug-likeness (QED) is 0.492. The number of alkyl halides is 6. The van der Waals surface area contributed by atoms with Crippen LogP contribution in [-0.2, 0) is 19.4 Å². The van der Waals surface area contributed by atoms with Crippen LogP contribution in [0.4, 0.5) is 26.3 Å². The molecule has 0 aliphatic heterocycles. The fraction of sp³-hybridized carbons (Fsp3) is 0.318. The summed E-state index contributed by atoms with van der Waals surface area (Å²) < 4.78 is 80.4. The number of carbonyl (C=O) groups is 1. The first-order chi connectivity index (χ1) is 15.3. The summed E-state index contributed by atoms with van der Waals surface area (Å²) >= 11 is 0. The summed E-state index contributed by atoms with van der Waals surface area (Å²) in [6.45, 7) is 1.66. The molecule has 0 aliphatic rings. The Hall–Kier alpha value is -3.37. The van der Waals surface area contributed by atoms with E-state index in [4.69, 9.17) is 0 Å². The third-order valence-corrected chi connectivity index (χ3v) is 5.32. The van der Waals surface area contributed by atoms with E-state index in [-0.39, 0.29) is 18.3 Å². The van der Waals surface area contributed by atoms with Crippen LogP contribution in [-0.4, -0.2) is 27.4 Å². The number of rotatable bonds is 4. The van der Waals surface area contributed by atoms with Crippen LogP contribution in [0.5, 0.6) is 0 Å². The Morgan fingerprint density at radius 3 is 2.09 bits per heavy atom. The Kier molecular flexibility index (Phi) is 6.27. The molecule has 0 N–H and O–H groups in total. The van der Waals surface area contributed by atoms with Crippen LogP contribution in [0.2, 0.25) is 0 Å². The van der Waals surface area contributed by atoms with Crippen molar-refractivity contribution in [2.24, 2.45) is 7.05 Å². The maximum Gasteiger partial charge on any atom is 0.416 e. The van der Waals surface area contributed by atoms with Gasteiger partial charge in [-0.2, -0.15) is 26.3 Å². The van der Waals surface area contributed by atoms with Gasteiger partial charge in [0.25, 0.3) is 11.5 Å². The van der Waals surface area contributed by atoms with Crippen molar-refractivity contribution in [1.29, 1.82) is 0 Å². The number of benzene rings is 2. The molecule has 11 heteroatoms. The van der Waals surface area contributed by atoms with E-state index in [1.807, 2.05) is 0 Å². The third-order valence-electron chi connectivity index (χ3n) is 5.32. The molecule has 0 spiro atoms. The summed E-state index contributed by atoms with van der Waals surface area (Å²) in [5, 5.41) is 0.334. The van der Waals surface area contributed by atoms with Gasteiger partial charge in [-0.15, -0.1) is 0 Å². The highest BCUT2D eigenvalue weighted by atomic mass is 19.4. The molecule has 0 fully saturated rings. The van der Waals surface area contributed by atoms with Crippen molar-refractivity contribution in [2.45, 2.75) is 31.7 Å². The molecule has 0 radical (unpaired) electrons. The summed E-state index contributed by atoms with van der Waals surface area (Å²) in [5.41, 5.74) is -3.98. The van der Waals surface area contributed by atoms with Crippen LogP contribution in [0, 0.1) is 0 Å². The van der Waals surface area contributed by atoms with Crippen LogP contribution in [0.25, 0.3) is 10.9 Å². The van der Waals surface area contributed by atoms with Gasteiger partial charge in [0.05, 0.1) is 28.1 Å². The Balaban J connectivity index is 2.10. The first kappa shape index (κ1) is 24.3. The molecule has 5 nitrogen and oxygen atoms in total. The van der Waals surface area contributed by atoms with Crippen molar-refractivity contribution in [1.82, 2.24) is 14.5 Å². The minimum atomic E-state index is -5.08. The highest BCUT2D eigenvalue weighted by Gasteiger charge is 2.38. The summed E-state index contributed by atoms with van der Waals surface area (Å²) in [5.74, 6) is -0.916. The molecule has 0 saturated carbocycles. The van der Waals surface area contributed by atoms with Crippen LogP contribution < -0.4 is 5.56 Å². The maximum atomic E-state index is 13.2. The van der Waals surface area contributed by atoms with Crippen molar-refractivity contribution in [3.8, 4) is 0 Å². The predicted octanol–water partition coefficient (Wildman–Crippen LogP) is 5.19. The lowest BCUT2D eigenvalue weighted by Crippen LogP contribution is -2.36. The fourth-order valence-corrected chi connectivity index (χ4v) is 3.59. The Bertz CT molecular complexity index is 1230. The number of halogens is 6. The molecule has 1 heterocycles. The van der Waals surface area contributed by atoms with E-state index in [1.54, 1.807) is 31.2 Å². The Labute approximate surface area is 184 Å². The first-order valence-electron chi connectivity index (χ1n) is 9.78. The van der Waals surface area contributed by atoms with E-state index in [9.17, 15) is 35.9 Å². The standard InChI is InChI=1S/C22H19F6N3O2/c1-4-17(18-29-16-8-6-5-7-15(16)20(33)31(18)3)30(2)19(32)12-9-13(21(23,24)25)11-14(10-12)22(26,27)28/h5-11,17H,4H2,1-3H3. The number of fused-ring (bicyclic) bond motifs is 1. The average Bonchev–Trinajstić information content (AvgIpc) is 2.75. The first-order valence-corrected chi connectivity index (χ1v) is 9.78. The van der Waals surface area contributed by atoms with Crippen molar-refractivity contribution < 1.29 is 31.1 Å². The average molecular weight is 471 g/mol. The second kappa shape index (κ2) is 8.53. The highest BCUT2D eigenvalue weighted by Crippen LogP contribution is 2.37. The molecule has 176 valence electrons. The number of para-hydroxylation sites is 1. The molecular weight excluding hydrogens is 452 g/mol. The van der Waals surface area contributed by atoms with E-state index in [1.165, 1.54) is 18.7 Å². The van der Waals surface area contributed by atoms with Gasteiger partial charge in [-0.25, -0.2) is 4.98 Å². The van der Waals surface area contributed by atoms with Gasteiger partial charge < -0.3 is 4.90 Å². The van der Waals surface area contributed by atoms with Crippen molar-refractivity contribution in [3.63, 3.8) is 0 Å². The topological polar surface area (TPSA) is 55.2 Å². The van der Waals surface area contributed by atoms with E-state index in [0.29, 0.717) is 23.0 Å². The minimum absolute atomic E-state index is 0.0390. The van der Waals surface area contributed by atoms with Crippen LogP contribution in [0.3, 0.4) is 0 Å². The predicted molar refractivity (Wildman–Crippen MR) is 109 cm³/mol. The molecule has 0 bridgehead atoms. The molecule has 3 aromatic rings. The van der Waals surface area contributed by atoms with E-state index < -0.39 is 46.6 Å². The molecule has 1 aromatic heterocycles. The van der Waals surface area contributed by atoms with Crippen LogP contribution in [0.1, 0.15) is 46.7 Å². The van der Waals surface area contributed by atoms with Crippen molar-refractivity contribution in [2.75, 3.05) is 7.05 Å². The van der Waals surface area contributed by atoms with E-state index >= 15 is 0 Å². The summed E-state index contributed by atoms with van der Waals surface area (Å²) in [4.78, 5) is 31.1. The summed E-state index contributed by atoms with van der Waals surface area (Å²) in [6, 6.07) is 6.33. The van der Waals surface area contributed by atoms with Crippen molar-refractivity contribution >= 4 is 16.8 Å². The minimum Gasteiger partial charge on any atom is -0.332 e. The van der Waals surface area contributed by atoms with Gasteiger partial charge >= 0.3 is 12.4 Å². The number of carbonyl (C=O) groups excluding carboxylic acids is 1. The number of hydrogen-bond acceptors (Lipinski definition) is 3. The largest absolute Gasteiger partial charge is 0.416 e. The summed E-state index contributed by atoms with van der Waals surface area (Å²) in [7, 11) is 2.68. The highest BCUT2D eigenvalue weighted by molar-refractivity contribution is 5.94. The number of nitrogens with zero attached hydrogens (tertiary/aromatic N) is 3. The number of aromatic nitrogens is 2. The van der Waals surface area contributed by atoms with Crippen molar-refractivity contribution in [3.05, 3.63) is 75.3 Å². The lowest BCUT2D eigenvalue weighted by molar-refractivity contribution is -0.143. The molecular formula is C22H19F6N3O2. The van der Waals surface area contributed by atoms with Crippen LogP contribution in [0.15, 0.2) is 47.3 Å². The monoisotopic (exact) mass is 471 g/mol. The van der Waals surface area contributed by atoms with E-state index in [2.05, 4.69) is 4.98 Å². The molecule has 0 aliphatic carbocycles. The second-order valence-electron chi connectivity index (χ2n) is 7.49. The Morgan fingerprint density at radius 2 is 1.58 bits per heavy atom. The number of amides is 1. The molecule has 1 amide bonds. The molecule has 1 atom stereocenters. The third kappa shape index (κ3) is 4.71. The SMILES string of the molecule is CCC(c1nc2ccccc2c(=O)n1C)N(C)C(=O)c1cc(C(F)(F)F)cc(C(F)(F)F)c1. The molecule has 3 rings (SSSR count). The van der Waals surface area contributed by atoms with E-state index in [0.717, 1.165) is 4.90 Å². The zero-order chi connectivity index (χ0) is 24.7. The van der Waals surface area contributed by atoms with Gasteiger partial charge in [-0.3, -0.25) is 14.2 Å². The maximum absolute atomic E-state index is 13.2. The van der Waals surface area contributed by atoms with Crippen LogP contribution >= 0.6 is 0 Å². The Morgan fingerprint density at radius 1 is 1.03 bits per heavy atom. The molecule has 0 saturated heterocycles. The van der Waals surface area contributed by atoms with Gasteiger partial charge in [0.2, 0.25) is 0 Å². The number of hydrogen-bond donors (Lipinski definition) is 0. The van der Waals surface area contributed by atoms with Gasteiger partial charge in [-0.05, 0) is 36.8 Å². The lowest BCUT2D eigenvalue weighted by Gasteiger charge is -2.28. The molecule has 2 aromatic carbocycles. The second-order valence-corrected chi connectivity index (χ2v) is 7.49. The molecule has 1 unspecified atom stereocenters. The molecule has 33 heavy (non-hydrogen) atoms. The smallest absolute Gasteiger partial charge is 0.332 e. The zero-order valence-corrected chi connectivity index (χ0v) is 17.8. The van der Waals surface area contributed by atoms with Gasteiger partial charge in [0.1, 0.15) is 5.82 Å². The zero-order valence-electron chi connectivity index (χ0n) is 17.8. The van der Waals surface area contributed by atoms with Gasteiger partial charge in [0, 0.05) is 19.7 Å². The fourth-order valence-electron chi connectivity index (χ4n) is 3.59. The normalized spacial score (nSPS) is 13.2. The van der Waals surface area contributed by atoms with Gasteiger partial charge in [0.15, 0.2) is 0 Å².